The number of hydrogen-bond acceptors (Lipinski definition) is 3. The second-order valence-corrected chi connectivity index (χ2v) is 7.79. The number of anilines is 2. The quantitative estimate of drug-likeness (QED) is 0.439. The molecule has 2 N–H and O–H groups in total. The van der Waals surface area contributed by atoms with E-state index in [0.717, 1.165) is 35.2 Å². The summed E-state index contributed by atoms with van der Waals surface area (Å²) in [5, 5.41) is 6.43. The zero-order valence-electron chi connectivity index (χ0n) is 18.5. The second kappa shape index (κ2) is 10.8. The summed E-state index contributed by atoms with van der Waals surface area (Å²) in [6.45, 7) is 5.86. The summed E-state index contributed by atoms with van der Waals surface area (Å²) >= 11 is 6.11. The zero-order chi connectivity index (χ0) is 23.1. The predicted octanol–water partition coefficient (Wildman–Crippen LogP) is 6.04. The normalized spacial score (nSPS) is 10.5. The number of benzene rings is 3. The summed E-state index contributed by atoms with van der Waals surface area (Å²) in [7, 11) is 0. The molecule has 0 aliphatic heterocycles. The first kappa shape index (κ1) is 23.4. The van der Waals surface area contributed by atoms with Crippen LogP contribution in [0.25, 0.3) is 0 Å². The van der Waals surface area contributed by atoms with Crippen LogP contribution >= 0.6 is 11.6 Å². The van der Waals surface area contributed by atoms with Crippen molar-refractivity contribution >= 4 is 34.8 Å². The number of carbonyl (C=O) groups is 2. The van der Waals surface area contributed by atoms with Gasteiger partial charge in [0.05, 0.1) is 0 Å². The van der Waals surface area contributed by atoms with Crippen molar-refractivity contribution in [2.45, 2.75) is 33.6 Å². The summed E-state index contributed by atoms with van der Waals surface area (Å²) in [5.41, 5.74) is 5.02. The lowest BCUT2D eigenvalue weighted by Gasteiger charge is -2.15. The zero-order valence-corrected chi connectivity index (χ0v) is 19.3. The third kappa shape index (κ3) is 5.68. The van der Waals surface area contributed by atoms with Crippen LogP contribution in [-0.4, -0.2) is 18.4 Å². The Labute approximate surface area is 193 Å². The molecule has 0 radical (unpaired) electrons. The number of ether oxygens (including phenoxy) is 1. The van der Waals surface area contributed by atoms with Crippen molar-refractivity contribution in [3.63, 3.8) is 0 Å². The van der Waals surface area contributed by atoms with Crippen LogP contribution in [0, 0.1) is 6.92 Å². The number of rotatable bonds is 8. The van der Waals surface area contributed by atoms with Gasteiger partial charge in [0.25, 0.3) is 11.8 Å². The number of para-hydroxylation sites is 1. The third-order valence-corrected chi connectivity index (χ3v) is 5.68. The smallest absolute Gasteiger partial charge is 0.262 e. The molecule has 2 amide bonds. The molecule has 3 aromatic carbocycles. The molecule has 0 fully saturated rings. The Morgan fingerprint density at radius 1 is 0.875 bits per heavy atom. The second-order valence-electron chi connectivity index (χ2n) is 7.39. The molecule has 3 rings (SSSR count). The maximum atomic E-state index is 12.5. The van der Waals surface area contributed by atoms with Crippen molar-refractivity contribution in [3.8, 4) is 5.75 Å². The largest absolute Gasteiger partial charge is 0.484 e. The minimum atomic E-state index is -0.247. The molecule has 0 unspecified atom stereocenters. The fraction of sp³-hybridized carbons (Fsp3) is 0.231. The summed E-state index contributed by atoms with van der Waals surface area (Å²) < 4.78 is 5.61. The molecule has 0 atom stereocenters. The lowest BCUT2D eigenvalue weighted by Crippen LogP contribution is -2.21. The molecule has 32 heavy (non-hydrogen) atoms. The minimum absolute atomic E-state index is 0.117. The number of amides is 2. The van der Waals surface area contributed by atoms with E-state index >= 15 is 0 Å². The molecule has 0 bridgehead atoms. The number of nitrogens with one attached hydrogen (secondary N) is 2. The fourth-order valence-corrected chi connectivity index (χ4v) is 3.54. The average molecular weight is 451 g/mol. The Balaban J connectivity index is 1.59. The highest BCUT2D eigenvalue weighted by atomic mass is 35.5. The van der Waals surface area contributed by atoms with Gasteiger partial charge in [-0.25, -0.2) is 0 Å². The summed E-state index contributed by atoms with van der Waals surface area (Å²) in [6.07, 6.45) is 1.67. The predicted molar refractivity (Wildman–Crippen MR) is 130 cm³/mol. The van der Waals surface area contributed by atoms with Gasteiger partial charge in [0.2, 0.25) is 0 Å². The Morgan fingerprint density at radius 3 is 2.12 bits per heavy atom. The van der Waals surface area contributed by atoms with E-state index in [1.54, 1.807) is 42.5 Å². The Kier molecular flexibility index (Phi) is 7.90. The molecule has 0 aromatic heterocycles. The molecule has 6 heteroatoms. The van der Waals surface area contributed by atoms with E-state index in [2.05, 4.69) is 24.5 Å². The standard InChI is InChI=1S/C26H27ClN2O3/c1-4-18-8-6-9-19(5-2)25(18)29-24(30)16-32-21-14-12-20(13-15-21)26(31)28-23-11-7-10-22(27)17(23)3/h6-15H,4-5,16H2,1-3H3,(H,28,31)(H,29,30). The molecule has 0 saturated carbocycles. The van der Waals surface area contributed by atoms with Gasteiger partial charge in [-0.1, -0.05) is 49.7 Å². The van der Waals surface area contributed by atoms with E-state index in [1.807, 2.05) is 25.1 Å². The lowest BCUT2D eigenvalue weighted by molar-refractivity contribution is -0.118. The summed E-state index contributed by atoms with van der Waals surface area (Å²) in [5.74, 6) is 0.0388. The molecule has 0 spiro atoms. The van der Waals surface area contributed by atoms with Crippen LogP contribution in [0.15, 0.2) is 60.7 Å². The lowest BCUT2D eigenvalue weighted by atomic mass is 10.0. The molecule has 0 heterocycles. The van der Waals surface area contributed by atoms with Crippen LogP contribution in [0.1, 0.15) is 40.9 Å². The van der Waals surface area contributed by atoms with Gasteiger partial charge in [0.1, 0.15) is 5.75 Å². The van der Waals surface area contributed by atoms with Crippen molar-refractivity contribution in [2.75, 3.05) is 17.2 Å². The van der Waals surface area contributed by atoms with E-state index in [-0.39, 0.29) is 18.4 Å². The van der Waals surface area contributed by atoms with Crippen molar-refractivity contribution in [1.82, 2.24) is 0 Å². The topological polar surface area (TPSA) is 67.4 Å². The molecule has 0 aliphatic carbocycles. The molecular formula is C26H27ClN2O3. The maximum absolute atomic E-state index is 12.5. The van der Waals surface area contributed by atoms with E-state index < -0.39 is 0 Å². The van der Waals surface area contributed by atoms with Crippen LogP contribution in [0.2, 0.25) is 5.02 Å². The van der Waals surface area contributed by atoms with E-state index in [1.165, 1.54) is 0 Å². The van der Waals surface area contributed by atoms with E-state index in [9.17, 15) is 9.59 Å². The monoisotopic (exact) mass is 450 g/mol. The van der Waals surface area contributed by atoms with Crippen LogP contribution < -0.4 is 15.4 Å². The SMILES string of the molecule is CCc1cccc(CC)c1NC(=O)COc1ccc(C(=O)Nc2cccc(Cl)c2C)cc1. The number of halogens is 1. The van der Waals surface area contributed by atoms with Crippen LogP contribution in [0.4, 0.5) is 11.4 Å². The van der Waals surface area contributed by atoms with E-state index in [0.29, 0.717) is 22.0 Å². The first-order chi connectivity index (χ1) is 15.4. The fourth-order valence-electron chi connectivity index (χ4n) is 3.37. The first-order valence-electron chi connectivity index (χ1n) is 10.6. The third-order valence-electron chi connectivity index (χ3n) is 5.27. The van der Waals surface area contributed by atoms with Crippen LogP contribution in [0.3, 0.4) is 0 Å². The van der Waals surface area contributed by atoms with Gasteiger partial charge in [0, 0.05) is 22.0 Å². The van der Waals surface area contributed by atoms with Crippen molar-refractivity contribution < 1.29 is 14.3 Å². The van der Waals surface area contributed by atoms with Gasteiger partial charge in [-0.15, -0.1) is 0 Å². The number of hydrogen-bond donors (Lipinski definition) is 2. The van der Waals surface area contributed by atoms with Crippen molar-refractivity contribution in [3.05, 3.63) is 87.9 Å². The molecule has 166 valence electrons. The first-order valence-corrected chi connectivity index (χ1v) is 11.0. The molecule has 0 aliphatic rings. The van der Waals surface area contributed by atoms with Gasteiger partial charge >= 0.3 is 0 Å². The molecular weight excluding hydrogens is 424 g/mol. The van der Waals surface area contributed by atoms with Gasteiger partial charge < -0.3 is 15.4 Å². The van der Waals surface area contributed by atoms with Gasteiger partial charge in [0.15, 0.2) is 6.61 Å². The Bertz CT molecular complexity index is 1090. The average Bonchev–Trinajstić information content (AvgIpc) is 2.81. The van der Waals surface area contributed by atoms with Crippen molar-refractivity contribution in [2.24, 2.45) is 0 Å². The highest BCUT2D eigenvalue weighted by molar-refractivity contribution is 6.31. The number of carbonyl (C=O) groups excluding carboxylic acids is 2. The van der Waals surface area contributed by atoms with Crippen LogP contribution in [-0.2, 0) is 17.6 Å². The van der Waals surface area contributed by atoms with Gasteiger partial charge in [-0.3, -0.25) is 9.59 Å². The number of aryl methyl sites for hydroxylation is 2. The van der Waals surface area contributed by atoms with Crippen LogP contribution in [0.5, 0.6) is 5.75 Å². The highest BCUT2D eigenvalue weighted by Crippen LogP contribution is 2.24. The maximum Gasteiger partial charge on any atom is 0.262 e. The van der Waals surface area contributed by atoms with Gasteiger partial charge in [-0.2, -0.15) is 0 Å². The Hall–Kier alpha value is -3.31. The molecule has 3 aromatic rings. The highest BCUT2D eigenvalue weighted by Gasteiger charge is 2.12. The van der Waals surface area contributed by atoms with Gasteiger partial charge in [-0.05, 0) is 72.9 Å². The summed E-state index contributed by atoms with van der Waals surface area (Å²) in [6, 6.07) is 18.1. The van der Waals surface area contributed by atoms with E-state index in [4.69, 9.17) is 16.3 Å². The van der Waals surface area contributed by atoms with Crippen molar-refractivity contribution in [1.29, 1.82) is 0 Å². The molecule has 5 nitrogen and oxygen atoms in total. The molecule has 0 saturated heterocycles. The Morgan fingerprint density at radius 2 is 1.50 bits per heavy atom. The summed E-state index contributed by atoms with van der Waals surface area (Å²) in [4.78, 5) is 25.0. The minimum Gasteiger partial charge on any atom is -0.484 e.